The first-order valence-corrected chi connectivity index (χ1v) is 7.56. The number of rotatable bonds is 5. The van der Waals surface area contributed by atoms with Crippen LogP contribution >= 0.6 is 0 Å². The van der Waals surface area contributed by atoms with Gasteiger partial charge in [0.2, 0.25) is 5.91 Å². The number of pyridine rings is 1. The fourth-order valence-electron chi connectivity index (χ4n) is 2.34. The van der Waals surface area contributed by atoms with E-state index in [0.29, 0.717) is 6.61 Å². The summed E-state index contributed by atoms with van der Waals surface area (Å²) in [5, 5.41) is 3.93. The van der Waals surface area contributed by atoms with E-state index in [1.807, 2.05) is 67.6 Å². The zero-order valence-corrected chi connectivity index (χ0v) is 13.0. The summed E-state index contributed by atoms with van der Waals surface area (Å²) in [4.78, 5) is 16.6. The maximum atomic E-state index is 12.1. The molecule has 3 rings (SSSR count). The van der Waals surface area contributed by atoms with E-state index in [1.54, 1.807) is 0 Å². The van der Waals surface area contributed by atoms with Gasteiger partial charge in [-0.3, -0.25) is 9.78 Å². The lowest BCUT2D eigenvalue weighted by atomic mass is 10.1. The molecule has 0 fully saturated rings. The Kier molecular flexibility index (Phi) is 4.52. The lowest BCUT2D eigenvalue weighted by Crippen LogP contribution is -2.15. The Hall–Kier alpha value is -2.88. The van der Waals surface area contributed by atoms with Crippen molar-refractivity contribution in [3.63, 3.8) is 0 Å². The minimum atomic E-state index is -0.0864. The molecule has 0 unspecified atom stereocenters. The zero-order valence-electron chi connectivity index (χ0n) is 13.0. The number of para-hydroxylation sites is 2. The Morgan fingerprint density at radius 3 is 2.70 bits per heavy atom. The lowest BCUT2D eigenvalue weighted by molar-refractivity contribution is -0.116. The van der Waals surface area contributed by atoms with E-state index in [4.69, 9.17) is 4.74 Å². The predicted molar refractivity (Wildman–Crippen MR) is 91.7 cm³/mol. The molecule has 1 amide bonds. The normalized spacial score (nSPS) is 10.5. The van der Waals surface area contributed by atoms with Crippen LogP contribution in [0.4, 0.5) is 5.69 Å². The predicted octanol–water partition coefficient (Wildman–Crippen LogP) is 3.95. The second-order valence-corrected chi connectivity index (χ2v) is 5.29. The molecule has 0 aliphatic heterocycles. The van der Waals surface area contributed by atoms with Crippen LogP contribution in [0.25, 0.3) is 10.9 Å². The molecule has 4 heteroatoms. The molecule has 1 N–H and O–H groups in total. The van der Waals surface area contributed by atoms with Crippen molar-refractivity contribution >= 4 is 22.5 Å². The molecule has 4 nitrogen and oxygen atoms in total. The van der Waals surface area contributed by atoms with Gasteiger partial charge in [0.1, 0.15) is 5.75 Å². The maximum Gasteiger partial charge on any atom is 0.227 e. The topological polar surface area (TPSA) is 51.2 Å². The van der Waals surface area contributed by atoms with E-state index in [2.05, 4.69) is 10.3 Å². The molecule has 0 saturated carbocycles. The number of anilines is 1. The summed E-state index contributed by atoms with van der Waals surface area (Å²) in [6, 6.07) is 19.2. The van der Waals surface area contributed by atoms with Crippen molar-refractivity contribution in [2.45, 2.75) is 13.3 Å². The monoisotopic (exact) mass is 306 g/mol. The number of aryl methyl sites for hydroxylation is 1. The first-order chi connectivity index (χ1) is 11.2. The number of carbonyl (C=O) groups is 1. The quantitative estimate of drug-likeness (QED) is 0.776. The summed E-state index contributed by atoms with van der Waals surface area (Å²) < 4.78 is 5.54. The third-order valence-corrected chi connectivity index (χ3v) is 3.47. The molecule has 1 aromatic heterocycles. The van der Waals surface area contributed by atoms with Crippen LogP contribution < -0.4 is 10.1 Å². The summed E-state index contributed by atoms with van der Waals surface area (Å²) in [7, 11) is 0. The van der Waals surface area contributed by atoms with Crippen LogP contribution in [0.15, 0.2) is 60.7 Å². The average molecular weight is 306 g/mol. The van der Waals surface area contributed by atoms with Crippen molar-refractivity contribution in [2.24, 2.45) is 0 Å². The summed E-state index contributed by atoms with van der Waals surface area (Å²) in [5.41, 5.74) is 2.47. The van der Waals surface area contributed by atoms with E-state index in [-0.39, 0.29) is 12.3 Å². The van der Waals surface area contributed by atoms with E-state index < -0.39 is 0 Å². The maximum absolute atomic E-state index is 12.1. The lowest BCUT2D eigenvalue weighted by Gasteiger charge is -2.09. The molecule has 2 aromatic carbocycles. The highest BCUT2D eigenvalue weighted by atomic mass is 16.5. The third-order valence-electron chi connectivity index (χ3n) is 3.47. The highest BCUT2D eigenvalue weighted by molar-refractivity contribution is 6.00. The van der Waals surface area contributed by atoms with Crippen LogP contribution in [-0.4, -0.2) is 17.5 Å². The number of amides is 1. The summed E-state index contributed by atoms with van der Waals surface area (Å²) in [5.74, 6) is 0.680. The van der Waals surface area contributed by atoms with Gasteiger partial charge in [-0.1, -0.05) is 36.4 Å². The Morgan fingerprint density at radius 2 is 1.87 bits per heavy atom. The molecule has 1 heterocycles. The third kappa shape index (κ3) is 3.86. The van der Waals surface area contributed by atoms with Crippen molar-refractivity contribution in [3.8, 4) is 5.75 Å². The number of hydrogen-bond donors (Lipinski definition) is 1. The van der Waals surface area contributed by atoms with Gasteiger partial charge in [-0.2, -0.15) is 0 Å². The molecule has 0 atom stereocenters. The molecule has 0 spiro atoms. The van der Waals surface area contributed by atoms with E-state index >= 15 is 0 Å². The van der Waals surface area contributed by atoms with Gasteiger partial charge < -0.3 is 10.1 Å². The van der Waals surface area contributed by atoms with Crippen LogP contribution in [0, 0.1) is 6.92 Å². The SMILES string of the molecule is Cc1ccc2cccc(NC(=O)CCOc3ccccc3)c2n1. The minimum Gasteiger partial charge on any atom is -0.493 e. The highest BCUT2D eigenvalue weighted by Gasteiger charge is 2.07. The van der Waals surface area contributed by atoms with Crippen molar-refractivity contribution < 1.29 is 9.53 Å². The van der Waals surface area contributed by atoms with E-state index in [9.17, 15) is 4.79 Å². The first-order valence-electron chi connectivity index (χ1n) is 7.56. The smallest absolute Gasteiger partial charge is 0.227 e. The van der Waals surface area contributed by atoms with Gasteiger partial charge in [-0.15, -0.1) is 0 Å². The van der Waals surface area contributed by atoms with E-state index in [1.165, 1.54) is 0 Å². The first kappa shape index (κ1) is 15.0. The fourth-order valence-corrected chi connectivity index (χ4v) is 2.34. The summed E-state index contributed by atoms with van der Waals surface area (Å²) in [6.45, 7) is 2.28. The van der Waals surface area contributed by atoms with Gasteiger partial charge in [0.25, 0.3) is 0 Å². The molecule has 0 aliphatic rings. The molecular weight excluding hydrogens is 288 g/mol. The standard InChI is InChI=1S/C19H18N2O2/c1-14-10-11-15-6-5-9-17(19(15)20-14)21-18(22)12-13-23-16-7-3-2-4-8-16/h2-11H,12-13H2,1H3,(H,21,22). The molecule has 0 saturated heterocycles. The largest absolute Gasteiger partial charge is 0.493 e. The molecule has 0 radical (unpaired) electrons. The van der Waals surface area contributed by atoms with Crippen LogP contribution in [0.3, 0.4) is 0 Å². The van der Waals surface area contributed by atoms with Gasteiger partial charge in [-0.05, 0) is 31.2 Å². The van der Waals surface area contributed by atoms with Gasteiger partial charge in [0.15, 0.2) is 0 Å². The Balaban J connectivity index is 1.63. The van der Waals surface area contributed by atoms with Crippen molar-refractivity contribution in [1.82, 2.24) is 4.98 Å². The van der Waals surface area contributed by atoms with Crippen molar-refractivity contribution in [1.29, 1.82) is 0 Å². The number of hydrogen-bond acceptors (Lipinski definition) is 3. The summed E-state index contributed by atoms with van der Waals surface area (Å²) >= 11 is 0. The molecule has 23 heavy (non-hydrogen) atoms. The van der Waals surface area contributed by atoms with Gasteiger partial charge >= 0.3 is 0 Å². The Labute approximate surface area is 135 Å². The van der Waals surface area contributed by atoms with Crippen LogP contribution in [0.2, 0.25) is 0 Å². The number of ether oxygens (including phenoxy) is 1. The fraction of sp³-hybridized carbons (Fsp3) is 0.158. The summed E-state index contributed by atoms with van der Waals surface area (Å²) in [6.07, 6.45) is 0.289. The Morgan fingerprint density at radius 1 is 1.04 bits per heavy atom. The second-order valence-electron chi connectivity index (χ2n) is 5.29. The number of fused-ring (bicyclic) bond motifs is 1. The van der Waals surface area contributed by atoms with Crippen LogP contribution in [0.1, 0.15) is 12.1 Å². The average Bonchev–Trinajstić information content (AvgIpc) is 2.56. The zero-order chi connectivity index (χ0) is 16.1. The molecule has 0 bridgehead atoms. The molecule has 3 aromatic rings. The number of nitrogens with zero attached hydrogens (tertiary/aromatic N) is 1. The van der Waals surface area contributed by atoms with E-state index in [0.717, 1.165) is 28.0 Å². The van der Waals surface area contributed by atoms with Crippen molar-refractivity contribution in [2.75, 3.05) is 11.9 Å². The molecular formula is C19H18N2O2. The van der Waals surface area contributed by atoms with Crippen LogP contribution in [-0.2, 0) is 4.79 Å². The molecule has 0 aliphatic carbocycles. The highest BCUT2D eigenvalue weighted by Crippen LogP contribution is 2.21. The van der Waals surface area contributed by atoms with Crippen molar-refractivity contribution in [3.05, 3.63) is 66.4 Å². The van der Waals surface area contributed by atoms with Gasteiger partial charge in [-0.25, -0.2) is 0 Å². The van der Waals surface area contributed by atoms with Gasteiger partial charge in [0, 0.05) is 11.1 Å². The van der Waals surface area contributed by atoms with Gasteiger partial charge in [0.05, 0.1) is 24.2 Å². The minimum absolute atomic E-state index is 0.0864. The molecule has 116 valence electrons. The number of benzene rings is 2. The number of carbonyl (C=O) groups excluding carboxylic acids is 1. The number of nitrogens with one attached hydrogen (secondary N) is 1. The number of aromatic nitrogens is 1. The second kappa shape index (κ2) is 6.92. The Bertz CT molecular complexity index is 816. The van der Waals surface area contributed by atoms with Crippen LogP contribution in [0.5, 0.6) is 5.75 Å².